The van der Waals surface area contributed by atoms with Gasteiger partial charge in [0.25, 0.3) is 5.91 Å². The Hall–Kier alpha value is -2.14. The number of benzene rings is 1. The van der Waals surface area contributed by atoms with Gasteiger partial charge in [-0.25, -0.2) is 0 Å². The van der Waals surface area contributed by atoms with Crippen molar-refractivity contribution in [1.82, 2.24) is 10.2 Å². The Morgan fingerprint density at radius 3 is 2.64 bits per heavy atom. The lowest BCUT2D eigenvalue weighted by Gasteiger charge is -2.27. The normalized spacial score (nSPS) is 18.7. The molecule has 5 heteroatoms. The number of hydrogen-bond donors (Lipinski definition) is 2. The molecule has 1 aromatic carbocycles. The lowest BCUT2D eigenvalue weighted by Crippen LogP contribution is -2.52. The number of carbonyl (C=O) groups excluding carboxylic acids is 2. The zero-order chi connectivity index (χ0) is 16.2. The Morgan fingerprint density at radius 2 is 2.00 bits per heavy atom. The van der Waals surface area contributed by atoms with Crippen molar-refractivity contribution in [1.29, 1.82) is 0 Å². The van der Waals surface area contributed by atoms with E-state index in [-0.39, 0.29) is 12.1 Å². The van der Waals surface area contributed by atoms with Crippen molar-refractivity contribution in [2.45, 2.75) is 38.5 Å². The molecule has 0 saturated carbocycles. The maximum Gasteiger partial charge on any atom is 0.252 e. The number of carbonyl (C=O) groups is 2. The molecule has 1 heterocycles. The standard InChI is InChI=1S/C17H22N2O3/c1-17(2,22)16(21)18-14-9-6-12-19(14)15(20)11-10-13-7-4-3-5-8-13/h3-5,7-8,10-11,14,22H,6,9,12H2,1-2H3,(H,18,21)/b11-10+. The first-order valence-electron chi connectivity index (χ1n) is 7.45. The van der Waals surface area contributed by atoms with Crippen molar-refractivity contribution in [3.63, 3.8) is 0 Å². The van der Waals surface area contributed by atoms with Gasteiger partial charge >= 0.3 is 0 Å². The zero-order valence-corrected chi connectivity index (χ0v) is 13.0. The molecule has 0 radical (unpaired) electrons. The number of nitrogens with one attached hydrogen (secondary N) is 1. The van der Waals surface area contributed by atoms with Crippen LogP contribution >= 0.6 is 0 Å². The summed E-state index contributed by atoms with van der Waals surface area (Å²) in [5, 5.41) is 12.4. The first kappa shape index (κ1) is 16.2. The number of likely N-dealkylation sites (tertiary alicyclic amines) is 1. The van der Waals surface area contributed by atoms with Crippen molar-refractivity contribution in [3.05, 3.63) is 42.0 Å². The number of hydrogen-bond acceptors (Lipinski definition) is 3. The molecule has 118 valence electrons. The van der Waals surface area contributed by atoms with Gasteiger partial charge in [0.05, 0.1) is 0 Å². The summed E-state index contributed by atoms with van der Waals surface area (Å²) in [4.78, 5) is 25.8. The van der Waals surface area contributed by atoms with Gasteiger partial charge in [0.15, 0.2) is 0 Å². The van der Waals surface area contributed by atoms with Crippen molar-refractivity contribution >= 4 is 17.9 Å². The first-order chi connectivity index (χ1) is 10.4. The van der Waals surface area contributed by atoms with Crippen LogP contribution in [-0.2, 0) is 9.59 Å². The summed E-state index contributed by atoms with van der Waals surface area (Å²) >= 11 is 0. The molecule has 0 aliphatic carbocycles. The molecule has 1 fully saturated rings. The number of nitrogens with zero attached hydrogens (tertiary/aromatic N) is 1. The molecule has 22 heavy (non-hydrogen) atoms. The third kappa shape index (κ3) is 4.18. The van der Waals surface area contributed by atoms with Crippen LogP contribution in [0.15, 0.2) is 36.4 Å². The minimum absolute atomic E-state index is 0.137. The molecule has 5 nitrogen and oxygen atoms in total. The molecule has 0 spiro atoms. The Morgan fingerprint density at radius 1 is 1.32 bits per heavy atom. The van der Waals surface area contributed by atoms with Crippen LogP contribution in [0.1, 0.15) is 32.3 Å². The summed E-state index contributed by atoms with van der Waals surface area (Å²) in [5.74, 6) is -0.605. The van der Waals surface area contributed by atoms with E-state index in [1.165, 1.54) is 19.9 Å². The van der Waals surface area contributed by atoms with Gasteiger partial charge in [0.2, 0.25) is 5.91 Å². The summed E-state index contributed by atoms with van der Waals surface area (Å²) in [6.45, 7) is 3.46. The molecular weight excluding hydrogens is 280 g/mol. The summed E-state index contributed by atoms with van der Waals surface area (Å²) in [5.41, 5.74) is -0.496. The van der Waals surface area contributed by atoms with E-state index in [0.717, 1.165) is 12.0 Å². The zero-order valence-electron chi connectivity index (χ0n) is 13.0. The summed E-state index contributed by atoms with van der Waals surface area (Å²) < 4.78 is 0. The van der Waals surface area contributed by atoms with Gasteiger partial charge in [-0.3, -0.25) is 9.59 Å². The monoisotopic (exact) mass is 302 g/mol. The van der Waals surface area contributed by atoms with E-state index in [4.69, 9.17) is 0 Å². The van der Waals surface area contributed by atoms with Gasteiger partial charge in [0, 0.05) is 12.6 Å². The van der Waals surface area contributed by atoms with Gasteiger partial charge in [-0.05, 0) is 38.3 Å². The highest BCUT2D eigenvalue weighted by atomic mass is 16.3. The van der Waals surface area contributed by atoms with Gasteiger partial charge in [-0.15, -0.1) is 0 Å². The fraction of sp³-hybridized carbons (Fsp3) is 0.412. The average molecular weight is 302 g/mol. The van der Waals surface area contributed by atoms with E-state index in [2.05, 4.69) is 5.32 Å². The maximum atomic E-state index is 12.3. The van der Waals surface area contributed by atoms with Crippen LogP contribution in [0.2, 0.25) is 0 Å². The highest BCUT2D eigenvalue weighted by molar-refractivity contribution is 5.92. The summed E-state index contributed by atoms with van der Waals surface area (Å²) in [6.07, 6.45) is 4.46. The summed E-state index contributed by atoms with van der Waals surface area (Å²) in [6, 6.07) is 9.57. The molecule has 2 rings (SSSR count). The molecule has 0 bridgehead atoms. The Kier molecular flexibility index (Phi) is 4.98. The van der Waals surface area contributed by atoms with Gasteiger partial charge in [-0.1, -0.05) is 30.3 Å². The smallest absolute Gasteiger partial charge is 0.252 e. The van der Waals surface area contributed by atoms with Crippen LogP contribution in [0.4, 0.5) is 0 Å². The molecule has 0 aromatic heterocycles. The quantitative estimate of drug-likeness (QED) is 0.829. The Labute approximate surface area is 130 Å². The maximum absolute atomic E-state index is 12.3. The number of aliphatic hydroxyl groups is 1. The molecule has 1 aromatic rings. The lowest BCUT2D eigenvalue weighted by atomic mass is 10.1. The molecule has 1 aliphatic rings. The van der Waals surface area contributed by atoms with Crippen LogP contribution in [0, 0.1) is 0 Å². The van der Waals surface area contributed by atoms with Crippen LogP contribution in [0.25, 0.3) is 6.08 Å². The molecule has 2 amide bonds. The minimum Gasteiger partial charge on any atom is -0.381 e. The SMILES string of the molecule is CC(C)(O)C(=O)NC1CCCN1C(=O)/C=C/c1ccccc1. The van der Waals surface area contributed by atoms with Gasteiger partial charge in [0.1, 0.15) is 11.8 Å². The topological polar surface area (TPSA) is 69.6 Å². The first-order valence-corrected chi connectivity index (χ1v) is 7.45. The second-order valence-electron chi connectivity index (χ2n) is 5.97. The third-order valence-electron chi connectivity index (χ3n) is 3.61. The molecule has 1 aliphatic heterocycles. The highest BCUT2D eigenvalue weighted by Gasteiger charge is 2.32. The van der Waals surface area contributed by atoms with Crippen LogP contribution in [0.3, 0.4) is 0 Å². The number of rotatable bonds is 4. The lowest BCUT2D eigenvalue weighted by molar-refractivity contribution is -0.139. The largest absolute Gasteiger partial charge is 0.381 e. The number of amides is 2. The highest BCUT2D eigenvalue weighted by Crippen LogP contribution is 2.17. The van der Waals surface area contributed by atoms with Gasteiger partial charge < -0.3 is 15.3 Å². The molecule has 2 N–H and O–H groups in total. The van der Waals surface area contributed by atoms with E-state index >= 15 is 0 Å². The van der Waals surface area contributed by atoms with Crippen LogP contribution in [0.5, 0.6) is 0 Å². The molecular formula is C17H22N2O3. The van der Waals surface area contributed by atoms with E-state index in [0.29, 0.717) is 13.0 Å². The van der Waals surface area contributed by atoms with Crippen molar-refractivity contribution in [3.8, 4) is 0 Å². The van der Waals surface area contributed by atoms with E-state index in [9.17, 15) is 14.7 Å². The van der Waals surface area contributed by atoms with Crippen molar-refractivity contribution < 1.29 is 14.7 Å². The van der Waals surface area contributed by atoms with E-state index < -0.39 is 11.5 Å². The minimum atomic E-state index is -1.45. The molecule has 1 unspecified atom stereocenters. The van der Waals surface area contributed by atoms with Gasteiger partial charge in [-0.2, -0.15) is 0 Å². The molecule has 1 atom stereocenters. The molecule has 1 saturated heterocycles. The second kappa shape index (κ2) is 6.75. The predicted molar refractivity (Wildman–Crippen MR) is 84.7 cm³/mol. The Balaban J connectivity index is 1.99. The average Bonchev–Trinajstić information content (AvgIpc) is 2.93. The Bertz CT molecular complexity index is 561. The van der Waals surface area contributed by atoms with Crippen molar-refractivity contribution in [2.75, 3.05) is 6.54 Å². The third-order valence-corrected chi connectivity index (χ3v) is 3.61. The fourth-order valence-corrected chi connectivity index (χ4v) is 2.34. The van der Waals surface area contributed by atoms with Crippen molar-refractivity contribution in [2.24, 2.45) is 0 Å². The second-order valence-corrected chi connectivity index (χ2v) is 5.97. The van der Waals surface area contributed by atoms with Crippen LogP contribution in [-0.4, -0.2) is 40.1 Å². The predicted octanol–water partition coefficient (Wildman–Crippen LogP) is 1.54. The summed E-state index contributed by atoms with van der Waals surface area (Å²) in [7, 11) is 0. The van der Waals surface area contributed by atoms with E-state index in [1.54, 1.807) is 11.0 Å². The fourth-order valence-electron chi connectivity index (χ4n) is 2.34. The van der Waals surface area contributed by atoms with Crippen LogP contribution < -0.4 is 5.32 Å². The van der Waals surface area contributed by atoms with E-state index in [1.807, 2.05) is 30.3 Å².